The van der Waals surface area contributed by atoms with Crippen LogP contribution >= 0.6 is 23.7 Å². The lowest BCUT2D eigenvalue weighted by Gasteiger charge is -2.31. The molecule has 116 valence electrons. The molecule has 1 rings (SSSR count). The standard InChI is InChI=1S/C11H19N3O3S2.ClH/c1-3-11(4-2,7-12)14-10(15)8-5-9(18-6-8)19(13,16)17;/h5-6H,3-4,7,12H2,1-2H3,(H,14,15)(H2,13,16,17);1H. The van der Waals surface area contributed by atoms with Crippen LogP contribution in [0.1, 0.15) is 37.0 Å². The van der Waals surface area contributed by atoms with Gasteiger partial charge in [-0.25, -0.2) is 13.6 Å². The first-order valence-electron chi connectivity index (χ1n) is 5.92. The van der Waals surface area contributed by atoms with E-state index in [4.69, 9.17) is 10.9 Å². The van der Waals surface area contributed by atoms with Gasteiger partial charge in [-0.05, 0) is 18.9 Å². The van der Waals surface area contributed by atoms with Crippen LogP contribution in [-0.2, 0) is 10.0 Å². The van der Waals surface area contributed by atoms with Crippen molar-refractivity contribution in [2.24, 2.45) is 10.9 Å². The molecular weight excluding hydrogens is 322 g/mol. The van der Waals surface area contributed by atoms with E-state index >= 15 is 0 Å². The van der Waals surface area contributed by atoms with Crippen LogP contribution < -0.4 is 16.2 Å². The number of halogens is 1. The largest absolute Gasteiger partial charge is 0.345 e. The van der Waals surface area contributed by atoms with E-state index in [1.54, 1.807) is 0 Å². The van der Waals surface area contributed by atoms with Crippen LogP contribution in [0.2, 0.25) is 0 Å². The molecule has 0 unspecified atom stereocenters. The second-order valence-electron chi connectivity index (χ2n) is 4.35. The quantitative estimate of drug-likeness (QED) is 0.717. The molecule has 0 saturated carbocycles. The van der Waals surface area contributed by atoms with Gasteiger partial charge in [-0.2, -0.15) is 0 Å². The van der Waals surface area contributed by atoms with Crippen molar-refractivity contribution in [3.05, 3.63) is 17.0 Å². The van der Waals surface area contributed by atoms with Gasteiger partial charge in [0, 0.05) is 11.9 Å². The maximum atomic E-state index is 12.1. The van der Waals surface area contributed by atoms with Crippen molar-refractivity contribution in [3.63, 3.8) is 0 Å². The molecule has 20 heavy (non-hydrogen) atoms. The van der Waals surface area contributed by atoms with Crippen molar-refractivity contribution in [3.8, 4) is 0 Å². The minimum atomic E-state index is -3.76. The molecule has 0 saturated heterocycles. The normalized spacial score (nSPS) is 11.8. The monoisotopic (exact) mass is 341 g/mol. The van der Waals surface area contributed by atoms with E-state index in [1.165, 1.54) is 11.4 Å². The van der Waals surface area contributed by atoms with Crippen molar-refractivity contribution in [1.82, 2.24) is 5.32 Å². The molecule has 0 radical (unpaired) electrons. The van der Waals surface area contributed by atoms with Gasteiger partial charge in [0.1, 0.15) is 4.21 Å². The number of nitrogens with one attached hydrogen (secondary N) is 1. The summed E-state index contributed by atoms with van der Waals surface area (Å²) in [7, 11) is -3.76. The fourth-order valence-electron chi connectivity index (χ4n) is 1.66. The minimum Gasteiger partial charge on any atom is -0.345 e. The van der Waals surface area contributed by atoms with Crippen molar-refractivity contribution in [2.75, 3.05) is 6.54 Å². The Hall–Kier alpha value is -0.670. The highest BCUT2D eigenvalue weighted by Crippen LogP contribution is 2.20. The number of thiophene rings is 1. The lowest BCUT2D eigenvalue weighted by atomic mass is 9.92. The zero-order chi connectivity index (χ0) is 14.7. The fraction of sp³-hybridized carbons (Fsp3) is 0.545. The predicted molar refractivity (Wildman–Crippen MR) is 82.8 cm³/mol. The van der Waals surface area contributed by atoms with Gasteiger partial charge in [0.15, 0.2) is 0 Å². The highest BCUT2D eigenvalue weighted by Gasteiger charge is 2.27. The fourth-order valence-corrected chi connectivity index (χ4v) is 3.25. The third-order valence-electron chi connectivity index (χ3n) is 3.24. The second-order valence-corrected chi connectivity index (χ2v) is 7.04. The van der Waals surface area contributed by atoms with E-state index in [0.717, 1.165) is 11.3 Å². The molecule has 0 aliphatic rings. The molecule has 0 spiro atoms. The van der Waals surface area contributed by atoms with E-state index in [9.17, 15) is 13.2 Å². The molecular formula is C11H20ClN3O3S2. The first kappa shape index (κ1) is 19.3. The van der Waals surface area contributed by atoms with E-state index in [1.807, 2.05) is 13.8 Å². The number of carbonyl (C=O) groups excluding carboxylic acids is 1. The SMILES string of the molecule is CCC(CC)(CN)NC(=O)c1csc(S(N)(=O)=O)c1.Cl. The molecule has 1 aromatic rings. The second kappa shape index (κ2) is 7.37. The van der Waals surface area contributed by atoms with Crippen LogP contribution in [0.15, 0.2) is 15.7 Å². The van der Waals surface area contributed by atoms with Gasteiger partial charge >= 0.3 is 0 Å². The van der Waals surface area contributed by atoms with Crippen LogP contribution in [0.3, 0.4) is 0 Å². The molecule has 0 fully saturated rings. The number of amides is 1. The molecule has 0 aliphatic carbocycles. The Bertz CT molecular complexity index is 545. The van der Waals surface area contributed by atoms with Crippen LogP contribution in [0, 0.1) is 0 Å². The summed E-state index contributed by atoms with van der Waals surface area (Å²) in [5.41, 5.74) is 5.53. The third-order valence-corrected chi connectivity index (χ3v) is 5.63. The van der Waals surface area contributed by atoms with Gasteiger partial charge in [-0.1, -0.05) is 13.8 Å². The van der Waals surface area contributed by atoms with E-state index in [2.05, 4.69) is 5.32 Å². The highest BCUT2D eigenvalue weighted by atomic mass is 35.5. The Balaban J connectivity index is 0.00000361. The topological polar surface area (TPSA) is 115 Å². The summed E-state index contributed by atoms with van der Waals surface area (Å²) < 4.78 is 22.3. The Labute approximate surface area is 129 Å². The Morgan fingerprint density at radius 1 is 1.40 bits per heavy atom. The van der Waals surface area contributed by atoms with Crippen LogP contribution in [0.4, 0.5) is 0 Å². The highest BCUT2D eigenvalue weighted by molar-refractivity contribution is 7.91. The number of nitrogens with two attached hydrogens (primary N) is 2. The number of carbonyl (C=O) groups is 1. The average Bonchev–Trinajstić information content (AvgIpc) is 2.85. The van der Waals surface area contributed by atoms with Crippen molar-refractivity contribution >= 4 is 39.7 Å². The maximum absolute atomic E-state index is 12.1. The van der Waals surface area contributed by atoms with Gasteiger partial charge in [-0.15, -0.1) is 23.7 Å². The van der Waals surface area contributed by atoms with Crippen LogP contribution in [-0.4, -0.2) is 26.4 Å². The Morgan fingerprint density at radius 2 is 1.95 bits per heavy atom. The molecule has 9 heteroatoms. The summed E-state index contributed by atoms with van der Waals surface area (Å²) in [6.45, 7) is 4.22. The first-order valence-corrected chi connectivity index (χ1v) is 8.34. The molecule has 1 amide bonds. The molecule has 0 bridgehead atoms. The molecule has 1 heterocycles. The zero-order valence-electron chi connectivity index (χ0n) is 11.4. The molecule has 0 aliphatic heterocycles. The molecule has 0 atom stereocenters. The summed E-state index contributed by atoms with van der Waals surface area (Å²) in [6.07, 6.45) is 1.41. The van der Waals surface area contributed by atoms with E-state index in [-0.39, 0.29) is 28.1 Å². The van der Waals surface area contributed by atoms with Gasteiger partial charge in [0.25, 0.3) is 5.91 Å². The third kappa shape index (κ3) is 4.42. The Morgan fingerprint density at radius 3 is 2.30 bits per heavy atom. The maximum Gasteiger partial charge on any atom is 0.252 e. The van der Waals surface area contributed by atoms with Gasteiger partial charge in [0.2, 0.25) is 10.0 Å². The van der Waals surface area contributed by atoms with Gasteiger partial charge in [-0.3, -0.25) is 4.79 Å². The number of sulfonamides is 1. The number of primary sulfonamides is 1. The van der Waals surface area contributed by atoms with E-state index in [0.29, 0.717) is 19.4 Å². The summed E-state index contributed by atoms with van der Waals surface area (Å²) in [6, 6.07) is 1.28. The molecule has 5 N–H and O–H groups in total. The van der Waals surface area contributed by atoms with Crippen molar-refractivity contribution in [2.45, 2.75) is 36.4 Å². The lowest BCUT2D eigenvalue weighted by Crippen LogP contribution is -2.52. The van der Waals surface area contributed by atoms with E-state index < -0.39 is 15.6 Å². The lowest BCUT2D eigenvalue weighted by molar-refractivity contribution is 0.0895. The molecule has 6 nitrogen and oxygen atoms in total. The number of rotatable bonds is 6. The first-order chi connectivity index (χ1) is 8.78. The van der Waals surface area contributed by atoms with Crippen molar-refractivity contribution < 1.29 is 13.2 Å². The molecule has 0 aromatic carbocycles. The smallest absolute Gasteiger partial charge is 0.252 e. The minimum absolute atomic E-state index is 0. The molecule has 1 aromatic heterocycles. The zero-order valence-corrected chi connectivity index (χ0v) is 13.8. The number of hydrogen-bond acceptors (Lipinski definition) is 5. The predicted octanol–water partition coefficient (Wildman–Crippen LogP) is 1.06. The van der Waals surface area contributed by atoms with Gasteiger partial charge in [0.05, 0.1) is 11.1 Å². The summed E-state index contributed by atoms with van der Waals surface area (Å²) in [5, 5.41) is 9.35. The van der Waals surface area contributed by atoms with Crippen molar-refractivity contribution in [1.29, 1.82) is 0 Å². The summed E-state index contributed by atoms with van der Waals surface area (Å²) in [4.78, 5) is 12.1. The Kier molecular flexibility index (Phi) is 7.12. The summed E-state index contributed by atoms with van der Waals surface area (Å²) in [5.74, 6) is -0.333. The summed E-state index contributed by atoms with van der Waals surface area (Å²) >= 11 is 0.929. The van der Waals surface area contributed by atoms with Crippen LogP contribution in [0.25, 0.3) is 0 Å². The number of hydrogen-bond donors (Lipinski definition) is 3. The van der Waals surface area contributed by atoms with Gasteiger partial charge < -0.3 is 11.1 Å². The van der Waals surface area contributed by atoms with Crippen LogP contribution in [0.5, 0.6) is 0 Å². The average molecular weight is 342 g/mol.